The maximum atomic E-state index is 12.8. The molecule has 1 N–H and O–H groups in total. The monoisotopic (exact) mass is 444 g/mol. The predicted octanol–water partition coefficient (Wildman–Crippen LogP) is 3.14. The number of hydrogen-bond donors (Lipinski definition) is 1. The van der Waals surface area contributed by atoms with Crippen molar-refractivity contribution in [1.29, 1.82) is 0 Å². The fraction of sp³-hybridized carbons (Fsp3) is 0.286. The second kappa shape index (κ2) is 8.56. The molecule has 2 atom stereocenters. The zero-order valence-corrected chi connectivity index (χ0v) is 17.2. The van der Waals surface area contributed by atoms with E-state index in [1.165, 1.54) is 7.11 Å². The Hall–Kier alpha value is -2.67. The third kappa shape index (κ3) is 4.25. The Morgan fingerprint density at radius 1 is 1.21 bits per heavy atom. The van der Waals surface area contributed by atoms with Gasteiger partial charge in [0, 0.05) is 23.1 Å². The van der Waals surface area contributed by atoms with Crippen LogP contribution in [0.3, 0.4) is 0 Å². The van der Waals surface area contributed by atoms with Crippen LogP contribution < -0.4 is 10.2 Å². The number of anilines is 1. The van der Waals surface area contributed by atoms with Gasteiger partial charge < -0.3 is 15.0 Å². The van der Waals surface area contributed by atoms with Crippen LogP contribution in [0.25, 0.3) is 0 Å². The SMILES string of the molecule is COC(=O)[C@@H](NC(=O)[C@@H]1CC(=O)N(c2ccc(Br)c(C)c2)C1)c1ccccc1. The summed E-state index contributed by atoms with van der Waals surface area (Å²) in [7, 11) is 1.28. The number of carbonyl (C=O) groups excluding carboxylic acids is 3. The number of methoxy groups -OCH3 is 1. The summed E-state index contributed by atoms with van der Waals surface area (Å²) in [6.07, 6.45) is 0.101. The number of esters is 1. The van der Waals surface area contributed by atoms with E-state index in [1.54, 1.807) is 29.2 Å². The van der Waals surface area contributed by atoms with Crippen molar-refractivity contribution < 1.29 is 19.1 Å². The van der Waals surface area contributed by atoms with E-state index >= 15 is 0 Å². The van der Waals surface area contributed by atoms with E-state index in [0.29, 0.717) is 5.56 Å². The van der Waals surface area contributed by atoms with Gasteiger partial charge in [-0.3, -0.25) is 9.59 Å². The minimum absolute atomic E-state index is 0.101. The molecule has 1 aliphatic rings. The average molecular weight is 445 g/mol. The first-order valence-corrected chi connectivity index (χ1v) is 9.69. The van der Waals surface area contributed by atoms with E-state index in [0.717, 1.165) is 15.7 Å². The van der Waals surface area contributed by atoms with Gasteiger partial charge >= 0.3 is 5.97 Å². The summed E-state index contributed by atoms with van der Waals surface area (Å²) in [5.74, 6) is -1.54. The molecule has 2 amide bonds. The normalized spacial score (nSPS) is 17.3. The number of benzene rings is 2. The summed E-state index contributed by atoms with van der Waals surface area (Å²) >= 11 is 3.45. The molecule has 2 aromatic carbocycles. The van der Waals surface area contributed by atoms with Gasteiger partial charge in [-0.05, 0) is 36.2 Å². The molecule has 0 unspecified atom stereocenters. The smallest absolute Gasteiger partial charge is 0.333 e. The topological polar surface area (TPSA) is 75.7 Å². The number of carbonyl (C=O) groups is 3. The fourth-order valence-corrected chi connectivity index (χ4v) is 3.48. The molecule has 146 valence electrons. The highest BCUT2D eigenvalue weighted by Gasteiger charge is 2.37. The van der Waals surface area contributed by atoms with Crippen molar-refractivity contribution in [3.05, 3.63) is 64.1 Å². The summed E-state index contributed by atoms with van der Waals surface area (Å²) < 4.78 is 5.79. The molecule has 0 saturated carbocycles. The molecule has 7 heteroatoms. The van der Waals surface area contributed by atoms with Gasteiger partial charge in [-0.2, -0.15) is 0 Å². The van der Waals surface area contributed by atoms with E-state index < -0.39 is 17.9 Å². The lowest BCUT2D eigenvalue weighted by Gasteiger charge is -2.20. The third-order valence-corrected chi connectivity index (χ3v) is 5.70. The van der Waals surface area contributed by atoms with Crippen molar-refractivity contribution in [1.82, 2.24) is 5.32 Å². The van der Waals surface area contributed by atoms with Gasteiger partial charge in [-0.15, -0.1) is 0 Å². The van der Waals surface area contributed by atoms with Crippen LogP contribution in [0, 0.1) is 12.8 Å². The van der Waals surface area contributed by atoms with Crippen LogP contribution in [0.5, 0.6) is 0 Å². The number of rotatable bonds is 5. The summed E-state index contributed by atoms with van der Waals surface area (Å²) in [6.45, 7) is 2.22. The van der Waals surface area contributed by atoms with Crippen molar-refractivity contribution in [2.45, 2.75) is 19.4 Å². The lowest BCUT2D eigenvalue weighted by molar-refractivity contribution is -0.145. The molecule has 1 aliphatic heterocycles. The van der Waals surface area contributed by atoms with Gasteiger partial charge in [-0.25, -0.2) is 4.79 Å². The molecule has 0 spiro atoms. The second-order valence-corrected chi connectivity index (χ2v) is 7.57. The third-order valence-electron chi connectivity index (χ3n) is 4.81. The largest absolute Gasteiger partial charge is 0.467 e. The van der Waals surface area contributed by atoms with Gasteiger partial charge in [0.05, 0.1) is 13.0 Å². The summed E-state index contributed by atoms with van der Waals surface area (Å²) in [5, 5.41) is 2.74. The molecular formula is C21H21BrN2O4. The first-order valence-electron chi connectivity index (χ1n) is 8.90. The van der Waals surface area contributed by atoms with Crippen LogP contribution in [-0.2, 0) is 19.1 Å². The molecule has 0 aromatic heterocycles. The molecule has 1 saturated heterocycles. The molecule has 1 heterocycles. The lowest BCUT2D eigenvalue weighted by atomic mass is 10.0. The van der Waals surface area contributed by atoms with Crippen molar-refractivity contribution in [2.24, 2.45) is 5.92 Å². The maximum absolute atomic E-state index is 12.8. The highest BCUT2D eigenvalue weighted by molar-refractivity contribution is 9.10. The summed E-state index contributed by atoms with van der Waals surface area (Å²) in [4.78, 5) is 39.0. The van der Waals surface area contributed by atoms with Crippen LogP contribution in [0.1, 0.15) is 23.6 Å². The van der Waals surface area contributed by atoms with E-state index in [4.69, 9.17) is 4.74 Å². The molecule has 2 aromatic rings. The highest BCUT2D eigenvalue weighted by Crippen LogP contribution is 2.29. The number of aryl methyl sites for hydroxylation is 1. The molecule has 28 heavy (non-hydrogen) atoms. The van der Waals surface area contributed by atoms with Crippen molar-refractivity contribution in [3.8, 4) is 0 Å². The number of ether oxygens (including phenoxy) is 1. The van der Waals surface area contributed by atoms with Crippen LogP contribution >= 0.6 is 15.9 Å². The molecule has 1 fully saturated rings. The quantitative estimate of drug-likeness (QED) is 0.718. The van der Waals surface area contributed by atoms with Gasteiger partial charge in [-0.1, -0.05) is 46.3 Å². The van der Waals surface area contributed by atoms with E-state index in [-0.39, 0.29) is 24.8 Å². The zero-order valence-electron chi connectivity index (χ0n) is 15.6. The maximum Gasteiger partial charge on any atom is 0.333 e. The Kier molecular flexibility index (Phi) is 6.14. The summed E-state index contributed by atoms with van der Waals surface area (Å²) in [6, 6.07) is 13.6. The Bertz CT molecular complexity index is 901. The number of nitrogens with zero attached hydrogens (tertiary/aromatic N) is 1. The standard InChI is InChI=1S/C21H21BrN2O4/c1-13-10-16(8-9-17(13)22)24-12-15(11-18(24)25)20(26)23-19(21(27)28-2)14-6-4-3-5-7-14/h3-10,15,19H,11-12H2,1-2H3,(H,23,26)/t15-,19+/m1/s1. The molecule has 3 rings (SSSR count). The second-order valence-electron chi connectivity index (χ2n) is 6.71. The number of amides is 2. The van der Waals surface area contributed by atoms with Crippen LogP contribution in [0.2, 0.25) is 0 Å². The zero-order chi connectivity index (χ0) is 20.3. The molecular weight excluding hydrogens is 424 g/mol. The van der Waals surface area contributed by atoms with Gasteiger partial charge in [0.2, 0.25) is 11.8 Å². The van der Waals surface area contributed by atoms with Gasteiger partial charge in [0.15, 0.2) is 6.04 Å². The van der Waals surface area contributed by atoms with Crippen molar-refractivity contribution in [3.63, 3.8) is 0 Å². The minimum atomic E-state index is -0.905. The molecule has 6 nitrogen and oxygen atoms in total. The lowest BCUT2D eigenvalue weighted by Crippen LogP contribution is -2.39. The van der Waals surface area contributed by atoms with Gasteiger partial charge in [0.25, 0.3) is 0 Å². The van der Waals surface area contributed by atoms with Gasteiger partial charge in [0.1, 0.15) is 0 Å². The predicted molar refractivity (Wildman–Crippen MR) is 109 cm³/mol. The molecule has 0 aliphatic carbocycles. The molecule has 0 bridgehead atoms. The van der Waals surface area contributed by atoms with Crippen molar-refractivity contribution in [2.75, 3.05) is 18.6 Å². The highest BCUT2D eigenvalue weighted by atomic mass is 79.9. The number of hydrogen-bond acceptors (Lipinski definition) is 4. The molecule has 0 radical (unpaired) electrons. The Morgan fingerprint density at radius 2 is 1.93 bits per heavy atom. The van der Waals surface area contributed by atoms with Crippen LogP contribution in [0.15, 0.2) is 53.0 Å². The number of halogens is 1. The van der Waals surface area contributed by atoms with E-state index in [2.05, 4.69) is 21.2 Å². The fourth-order valence-electron chi connectivity index (χ4n) is 3.23. The van der Waals surface area contributed by atoms with Crippen LogP contribution in [-0.4, -0.2) is 31.4 Å². The Balaban J connectivity index is 1.74. The summed E-state index contributed by atoms with van der Waals surface area (Å²) in [5.41, 5.74) is 2.40. The van der Waals surface area contributed by atoms with Crippen LogP contribution in [0.4, 0.5) is 5.69 Å². The minimum Gasteiger partial charge on any atom is -0.467 e. The Morgan fingerprint density at radius 3 is 2.57 bits per heavy atom. The van der Waals surface area contributed by atoms with E-state index in [1.807, 2.05) is 31.2 Å². The first-order chi connectivity index (χ1) is 13.4. The van der Waals surface area contributed by atoms with E-state index in [9.17, 15) is 14.4 Å². The number of nitrogens with one attached hydrogen (secondary N) is 1. The first kappa shape index (κ1) is 20.1. The Labute approximate surface area is 172 Å². The average Bonchev–Trinajstić information content (AvgIpc) is 3.10. The van der Waals surface area contributed by atoms with Crippen molar-refractivity contribution >= 4 is 39.4 Å².